The third-order valence-electron chi connectivity index (χ3n) is 1.96. The number of nitrogens with one attached hydrogen (secondary N) is 8. The molecule has 0 fully saturated rings. The fourth-order valence-electron chi connectivity index (χ4n) is 1.06. The maximum Gasteiger partial charge on any atom is 3.00 e. The van der Waals surface area contributed by atoms with Gasteiger partial charge in [-0.2, -0.15) is 0 Å². The summed E-state index contributed by atoms with van der Waals surface area (Å²) in [5.74, 6) is 0. The van der Waals surface area contributed by atoms with Gasteiger partial charge in [0.05, 0.1) is 0 Å². The Morgan fingerprint density at radius 3 is 0.538 bits per heavy atom. The van der Waals surface area contributed by atoms with E-state index in [1.807, 2.05) is 0 Å². The Morgan fingerprint density at radius 1 is 0.410 bits per heavy atom. The summed E-state index contributed by atoms with van der Waals surface area (Å²) in [5.41, 5.74) is 6.00. The molecule has 0 atom stereocenters. The molecule has 2 radical (unpaired) electrons. The van der Waals surface area contributed by atoms with E-state index in [9.17, 15) is 0 Å². The van der Waals surface area contributed by atoms with Crippen molar-refractivity contribution in [3.63, 3.8) is 0 Å². The molecule has 0 saturated carbocycles. The van der Waals surface area contributed by atoms with E-state index in [1.165, 1.54) is 11.3 Å². The molecule has 0 heterocycles. The number of hydrogen-bond acceptors (Lipinski definition) is 20. The molecule has 27 heteroatoms. The molecule has 39 heavy (non-hydrogen) atoms. The quantitative estimate of drug-likeness (QED) is 0.0586. The smallest absolute Gasteiger partial charge is 0.478 e. The average Bonchev–Trinajstić information content (AvgIpc) is 2.78. The minimum atomic E-state index is 0. The summed E-state index contributed by atoms with van der Waals surface area (Å²) in [7, 11) is 0. The first-order chi connectivity index (χ1) is 16.3. The van der Waals surface area contributed by atoms with Crippen molar-refractivity contribution in [1.29, 1.82) is 0 Å². The van der Waals surface area contributed by atoms with Gasteiger partial charge in [0.25, 0.3) is 0 Å². The summed E-state index contributed by atoms with van der Waals surface area (Å²) in [6.07, 6.45) is 0. The van der Waals surface area contributed by atoms with Crippen LogP contribution < -0.4 is 43.8 Å². The molecule has 0 aliphatic rings. The predicted molar refractivity (Wildman–Crippen MR) is 122 cm³/mol. The van der Waals surface area contributed by atoms with E-state index in [2.05, 4.69) is 49.0 Å². The molecule has 0 spiro atoms. The van der Waals surface area contributed by atoms with Crippen LogP contribution in [0.3, 0.4) is 0 Å². The second-order valence-corrected chi connectivity index (χ2v) is 3.99. The summed E-state index contributed by atoms with van der Waals surface area (Å²) >= 11 is 0. The molecular formula is C12H52N10Ni3O14+4. The molecule has 0 aromatic rings. The van der Waals surface area contributed by atoms with E-state index >= 15 is 0 Å². The summed E-state index contributed by atoms with van der Waals surface area (Å²) in [6, 6.07) is 0. The van der Waals surface area contributed by atoms with Gasteiger partial charge < -0.3 is 64.3 Å². The van der Waals surface area contributed by atoms with Gasteiger partial charge in [0.1, 0.15) is 0 Å². The van der Waals surface area contributed by atoms with Gasteiger partial charge in [-0.3, -0.25) is 41.7 Å². The monoisotopic (exact) mass is 734 g/mol. The topological polar surface area (TPSA) is 430 Å². The maximum atomic E-state index is 6.88. The van der Waals surface area contributed by atoms with E-state index in [0.29, 0.717) is 0 Å². The van der Waals surface area contributed by atoms with Crippen molar-refractivity contribution in [3.8, 4) is 0 Å². The van der Waals surface area contributed by atoms with E-state index in [1.54, 1.807) is 0 Å². The SMILES string of the molecule is CCNCCNCC.CCNCCNCC.O.O.ONO.ONO.ONO.ONO.O[N-]O.O[N-]O.[Ni+3].[Ni+3].[Ni]. The molecule has 0 aromatic heterocycles. The Bertz CT molecular complexity index is 182. The summed E-state index contributed by atoms with van der Waals surface area (Å²) in [5, 5.41) is 94.9. The predicted octanol–water partition coefficient (Wildman–Crippen LogP) is -3.55. The minimum absolute atomic E-state index is 0. The molecule has 0 saturated heterocycles. The van der Waals surface area contributed by atoms with Gasteiger partial charge >= 0.3 is 33.0 Å². The normalized spacial score (nSPS) is 6.77. The van der Waals surface area contributed by atoms with Crippen molar-refractivity contribution in [2.24, 2.45) is 0 Å². The second kappa shape index (κ2) is 158. The number of rotatable bonds is 10. The standard InChI is InChI=1S/2C6H16N2.4H3NO2.2H2NO2.3Ni.2H2O/c2*1-3-7-5-6-8-4-2;6*2-1-3;;;;;/h2*7-8H,3-6H2,1-2H3;4*1-3H;2*2-3H;;;;2*1H2/q;;;;;;2*-1;;2*+3;;. The van der Waals surface area contributed by atoms with Crippen molar-refractivity contribution in [2.75, 3.05) is 52.4 Å². The first kappa shape index (κ1) is 83.4. The van der Waals surface area contributed by atoms with Crippen LogP contribution in [0, 0.1) is 0 Å². The van der Waals surface area contributed by atoms with Gasteiger partial charge in [0.15, 0.2) is 0 Å². The zero-order valence-electron chi connectivity index (χ0n) is 21.9. The van der Waals surface area contributed by atoms with Crippen LogP contribution >= 0.6 is 0 Å². The number of likely N-dealkylation sites (N-methyl/N-ethyl adjacent to an activating group) is 4. The van der Waals surface area contributed by atoms with Crippen LogP contribution in [0.1, 0.15) is 27.7 Å². The van der Waals surface area contributed by atoms with Crippen molar-refractivity contribution in [1.82, 2.24) is 43.8 Å². The summed E-state index contributed by atoms with van der Waals surface area (Å²) in [4.78, 5) is 0. The van der Waals surface area contributed by atoms with Crippen LogP contribution in [-0.4, -0.2) is 126 Å². The van der Waals surface area contributed by atoms with Crippen molar-refractivity contribution >= 4 is 0 Å². The Balaban J connectivity index is -0.0000000186. The van der Waals surface area contributed by atoms with E-state index in [4.69, 9.17) is 62.5 Å². The zero-order chi connectivity index (χ0) is 28.7. The van der Waals surface area contributed by atoms with Crippen molar-refractivity contribution in [3.05, 3.63) is 11.3 Å². The third-order valence-corrected chi connectivity index (χ3v) is 1.96. The molecule has 0 aliphatic carbocycles. The van der Waals surface area contributed by atoms with Gasteiger partial charge in [-0.05, 0) is 26.2 Å². The van der Waals surface area contributed by atoms with E-state index in [0.717, 1.165) is 74.9 Å². The van der Waals surface area contributed by atoms with Gasteiger partial charge in [0.2, 0.25) is 0 Å². The number of hydrogen-bond donors (Lipinski definition) is 20. The Labute approximate surface area is 257 Å². The Hall–Kier alpha value is 0.521. The molecule has 24 N–H and O–H groups in total. The van der Waals surface area contributed by atoms with Crippen LogP contribution in [0.5, 0.6) is 0 Å². The van der Waals surface area contributed by atoms with Gasteiger partial charge in [0, 0.05) is 42.7 Å². The van der Waals surface area contributed by atoms with Crippen molar-refractivity contribution in [2.45, 2.75) is 27.7 Å². The van der Waals surface area contributed by atoms with Crippen LogP contribution in [0.25, 0.3) is 11.3 Å². The molecule has 24 nitrogen and oxygen atoms in total. The first-order valence-electron chi connectivity index (χ1n) is 9.25. The molecule has 0 bridgehead atoms. The summed E-state index contributed by atoms with van der Waals surface area (Å²) < 4.78 is 0. The molecule has 0 aromatic carbocycles. The molecular weight excluding hydrogens is 684 g/mol. The largest absolute Gasteiger partial charge is 3.00 e. The minimum Gasteiger partial charge on any atom is -0.478 e. The van der Waals surface area contributed by atoms with Gasteiger partial charge in [-0.15, -0.1) is 0 Å². The van der Waals surface area contributed by atoms with E-state index < -0.39 is 0 Å². The Kier molecular flexibility index (Phi) is 338. The second-order valence-electron chi connectivity index (χ2n) is 3.99. The Morgan fingerprint density at radius 2 is 0.487 bits per heavy atom. The molecule has 0 aliphatic heterocycles. The summed E-state index contributed by atoms with van der Waals surface area (Å²) in [6.45, 7) is 17.1. The van der Waals surface area contributed by atoms with Crippen LogP contribution in [0.4, 0.5) is 0 Å². The third kappa shape index (κ3) is 464. The molecule has 260 valence electrons. The zero-order valence-corrected chi connectivity index (χ0v) is 24.8. The van der Waals surface area contributed by atoms with Crippen LogP contribution in [0.15, 0.2) is 0 Å². The number of nitrogens with zero attached hydrogens (tertiary/aromatic N) is 2. The van der Waals surface area contributed by atoms with Gasteiger partial charge in [-0.25, -0.2) is 0 Å². The van der Waals surface area contributed by atoms with Crippen LogP contribution in [0.2, 0.25) is 0 Å². The van der Waals surface area contributed by atoms with Gasteiger partial charge in [-0.1, -0.05) is 50.3 Å². The fourth-order valence-corrected chi connectivity index (χ4v) is 1.06. The molecule has 0 amide bonds. The average molecular weight is 737 g/mol. The van der Waals surface area contributed by atoms with Crippen molar-refractivity contribution < 1.29 is 123 Å². The van der Waals surface area contributed by atoms with Crippen LogP contribution in [-0.2, 0) is 49.5 Å². The molecule has 0 unspecified atom stereocenters. The molecule has 0 rings (SSSR count). The van der Waals surface area contributed by atoms with E-state index in [-0.39, 0.29) is 60.4 Å². The first-order valence-corrected chi connectivity index (χ1v) is 9.25. The maximum absolute atomic E-state index is 6.88. The fraction of sp³-hybridized carbons (Fsp3) is 1.00.